The van der Waals surface area contributed by atoms with E-state index in [-0.39, 0.29) is 24.3 Å². The smallest absolute Gasteiger partial charge is 0.305 e. The van der Waals surface area contributed by atoms with Gasteiger partial charge in [-0.1, -0.05) is 130 Å². The average molecular weight is 746 g/mol. The van der Waals surface area contributed by atoms with Gasteiger partial charge < -0.3 is 14.1 Å². The van der Waals surface area contributed by atoms with Gasteiger partial charge in [-0.05, 0) is 64.1 Å². The molecule has 1 unspecified atom stereocenters. The van der Waals surface area contributed by atoms with E-state index < -0.39 is 32.8 Å². The van der Waals surface area contributed by atoms with Crippen LogP contribution < -0.4 is 10.4 Å². The van der Waals surface area contributed by atoms with Crippen molar-refractivity contribution in [3.63, 3.8) is 0 Å². The van der Waals surface area contributed by atoms with E-state index in [0.29, 0.717) is 5.56 Å². The van der Waals surface area contributed by atoms with E-state index in [9.17, 15) is 18.9 Å². The Morgan fingerprint density at radius 2 is 1.45 bits per heavy atom. The van der Waals surface area contributed by atoms with Crippen molar-refractivity contribution in [2.45, 2.75) is 64.0 Å². The Morgan fingerprint density at radius 3 is 1.94 bits per heavy atom. The lowest BCUT2D eigenvalue weighted by Crippen LogP contribution is -2.68. The van der Waals surface area contributed by atoms with E-state index in [4.69, 9.17) is 13.9 Å². The fraction of sp³-hybridized carbons (Fsp3) is 0.273. The van der Waals surface area contributed by atoms with Crippen LogP contribution in [-0.2, 0) is 18.3 Å². The number of rotatable bonds is 12. The molecule has 53 heavy (non-hydrogen) atoms. The second-order valence-corrected chi connectivity index (χ2v) is 21.2. The van der Waals surface area contributed by atoms with Crippen molar-refractivity contribution in [1.29, 1.82) is 0 Å². The summed E-state index contributed by atoms with van der Waals surface area (Å²) in [6.45, 7) is 8.30. The zero-order chi connectivity index (χ0) is 37.8. The van der Waals surface area contributed by atoms with Gasteiger partial charge >= 0.3 is 5.97 Å². The molecule has 0 saturated heterocycles. The first-order valence-electron chi connectivity index (χ1n) is 17.9. The molecular formula is C44H45FNO5PSi. The van der Waals surface area contributed by atoms with Crippen molar-refractivity contribution < 1.29 is 27.8 Å². The molecule has 272 valence electrons. The third-order valence-corrected chi connectivity index (χ3v) is 16.9. The molecule has 0 spiro atoms. The summed E-state index contributed by atoms with van der Waals surface area (Å²) in [7, 11) is -5.73. The number of aliphatic carboxylic acids is 1. The molecule has 6 nitrogen and oxygen atoms in total. The number of aromatic nitrogens is 1. The normalized spacial score (nSPS) is 14.8. The van der Waals surface area contributed by atoms with Crippen LogP contribution in [0.1, 0.15) is 62.8 Å². The fourth-order valence-electron chi connectivity index (χ4n) is 7.18. The Bertz CT molecular complexity index is 2140. The van der Waals surface area contributed by atoms with Crippen molar-refractivity contribution in [3.05, 3.63) is 138 Å². The number of benzene rings is 4. The van der Waals surface area contributed by atoms with Crippen LogP contribution in [-0.4, -0.2) is 43.8 Å². The first-order valence-corrected chi connectivity index (χ1v) is 21.6. The predicted molar refractivity (Wildman–Crippen MR) is 213 cm³/mol. The number of carbonyl (C=O) groups is 1. The monoisotopic (exact) mass is 745 g/mol. The van der Waals surface area contributed by atoms with Gasteiger partial charge in [-0.25, -0.2) is 4.39 Å². The minimum absolute atomic E-state index is 0.168. The van der Waals surface area contributed by atoms with E-state index in [2.05, 4.69) is 32.4 Å². The highest BCUT2D eigenvalue weighted by Crippen LogP contribution is 2.49. The summed E-state index contributed by atoms with van der Waals surface area (Å²) in [5.41, 5.74) is 8.62. The van der Waals surface area contributed by atoms with E-state index in [1.807, 2.05) is 97.9 Å². The summed E-state index contributed by atoms with van der Waals surface area (Å²) in [4.78, 5) is 17.6. The Hall–Kier alpha value is -4.64. The van der Waals surface area contributed by atoms with Gasteiger partial charge in [0.1, 0.15) is 5.82 Å². The first-order chi connectivity index (χ1) is 25.3. The van der Waals surface area contributed by atoms with Crippen LogP contribution in [0.5, 0.6) is 0 Å². The van der Waals surface area contributed by atoms with Crippen LogP contribution in [0, 0.1) is 24.3 Å². The van der Waals surface area contributed by atoms with Crippen LogP contribution in [0.3, 0.4) is 0 Å². The molecule has 1 fully saturated rings. The van der Waals surface area contributed by atoms with Crippen LogP contribution in [0.2, 0.25) is 5.04 Å². The van der Waals surface area contributed by atoms with E-state index in [1.165, 1.54) is 19.2 Å². The van der Waals surface area contributed by atoms with Crippen LogP contribution >= 0.6 is 7.37 Å². The number of halogens is 1. The highest BCUT2D eigenvalue weighted by atomic mass is 31.2. The lowest BCUT2D eigenvalue weighted by atomic mass is 9.90. The van der Waals surface area contributed by atoms with Gasteiger partial charge in [0.25, 0.3) is 15.7 Å². The second-order valence-electron chi connectivity index (χ2n) is 14.6. The lowest BCUT2D eigenvalue weighted by molar-refractivity contribution is -0.138. The van der Waals surface area contributed by atoms with Crippen LogP contribution in [0.4, 0.5) is 4.39 Å². The maximum Gasteiger partial charge on any atom is 0.305 e. The summed E-state index contributed by atoms with van der Waals surface area (Å²) in [5.74, 6) is 2.00. The maximum atomic E-state index is 14.8. The van der Waals surface area contributed by atoms with Crippen molar-refractivity contribution in [3.8, 4) is 34.0 Å². The molecule has 4 aromatic carbocycles. The Kier molecular flexibility index (Phi) is 11.3. The van der Waals surface area contributed by atoms with Gasteiger partial charge in [-0.3, -0.25) is 14.3 Å². The van der Waals surface area contributed by atoms with Crippen LogP contribution in [0.15, 0.2) is 115 Å². The summed E-state index contributed by atoms with van der Waals surface area (Å²) in [6.07, 6.45) is 0.277. The number of nitrogens with zero attached hydrogens (tertiary/aromatic N) is 1. The Labute approximate surface area is 313 Å². The summed E-state index contributed by atoms with van der Waals surface area (Å²) in [6, 6.07) is 36.1. The molecule has 1 aliphatic rings. The van der Waals surface area contributed by atoms with Crippen molar-refractivity contribution in [1.82, 2.24) is 4.98 Å². The standard InChI is InChI=1S/C44H45FNO5PSi/c1-31-41(32-23-25-35(45)26-24-32)39(43(34-21-22-34)46-42(31)33-15-9-6-10-16-33)27-28-52(49,50-5)30-36(29-40(47)48)51-53(44(2,3)4,37-17-11-7-12-18-37)38-19-13-8-14-20-38/h6-20,23-26,34,36H,21-22,29-30H2,1-5H3,(H,47,48)/t36-,52?/m0/s1. The first kappa shape index (κ1) is 38.1. The zero-order valence-corrected chi connectivity index (χ0v) is 32.7. The molecule has 0 amide bonds. The summed E-state index contributed by atoms with van der Waals surface area (Å²) in [5, 5.41) is 11.7. The number of carboxylic acids is 1. The van der Waals surface area contributed by atoms with Crippen LogP contribution in [0.25, 0.3) is 22.4 Å². The predicted octanol–water partition coefficient (Wildman–Crippen LogP) is 9.39. The van der Waals surface area contributed by atoms with Gasteiger partial charge in [-0.2, -0.15) is 0 Å². The Morgan fingerprint density at radius 1 is 0.906 bits per heavy atom. The largest absolute Gasteiger partial charge is 0.481 e. The minimum Gasteiger partial charge on any atom is -0.481 e. The summed E-state index contributed by atoms with van der Waals surface area (Å²) < 4.78 is 41.9. The third-order valence-electron chi connectivity index (χ3n) is 9.87. The van der Waals surface area contributed by atoms with E-state index in [0.717, 1.165) is 56.9 Å². The van der Waals surface area contributed by atoms with E-state index >= 15 is 0 Å². The highest BCUT2D eigenvalue weighted by Gasteiger charge is 2.52. The molecule has 9 heteroatoms. The number of hydrogen-bond acceptors (Lipinski definition) is 5. The summed E-state index contributed by atoms with van der Waals surface area (Å²) >= 11 is 0. The van der Waals surface area contributed by atoms with Gasteiger partial charge in [0, 0.05) is 24.2 Å². The third kappa shape index (κ3) is 8.30. The van der Waals surface area contributed by atoms with Crippen molar-refractivity contribution in [2.24, 2.45) is 0 Å². The molecule has 1 aliphatic carbocycles. The van der Waals surface area contributed by atoms with Gasteiger partial charge in [0.05, 0.1) is 35.6 Å². The number of carboxylic acid groups (broad SMARTS) is 1. The maximum absolute atomic E-state index is 14.8. The molecule has 1 N–H and O–H groups in total. The molecule has 0 bridgehead atoms. The Balaban J connectivity index is 1.48. The van der Waals surface area contributed by atoms with Gasteiger partial charge in [0.2, 0.25) is 0 Å². The molecule has 0 radical (unpaired) electrons. The van der Waals surface area contributed by atoms with E-state index in [1.54, 1.807) is 12.1 Å². The topological polar surface area (TPSA) is 85.7 Å². The molecular weight excluding hydrogens is 701 g/mol. The molecule has 1 aromatic heterocycles. The lowest BCUT2D eigenvalue weighted by Gasteiger charge is -2.45. The number of pyridine rings is 1. The fourth-order valence-corrected chi connectivity index (χ4v) is 13.4. The molecule has 5 aromatic rings. The quantitative estimate of drug-likeness (QED) is 0.0779. The van der Waals surface area contributed by atoms with Crippen molar-refractivity contribution in [2.75, 3.05) is 13.3 Å². The molecule has 1 heterocycles. The molecule has 2 atom stereocenters. The average Bonchev–Trinajstić information content (AvgIpc) is 3.99. The molecule has 6 rings (SSSR count). The zero-order valence-electron chi connectivity index (χ0n) is 30.8. The SMILES string of the molecule is COP(=O)(C#Cc1c(C2CC2)nc(-c2ccccc2)c(C)c1-c1ccc(F)cc1)C[C@H](CC(=O)O)O[Si](c1ccccc1)(c1ccccc1)C(C)(C)C. The molecule has 0 aliphatic heterocycles. The minimum atomic E-state index is -3.85. The van der Waals surface area contributed by atoms with Gasteiger partial charge in [0.15, 0.2) is 0 Å². The highest BCUT2D eigenvalue weighted by molar-refractivity contribution is 7.64. The van der Waals surface area contributed by atoms with Gasteiger partial charge in [-0.15, -0.1) is 0 Å². The second kappa shape index (κ2) is 15.8. The molecule has 1 saturated carbocycles. The van der Waals surface area contributed by atoms with Crippen molar-refractivity contribution >= 4 is 32.0 Å². The number of hydrogen-bond donors (Lipinski definition) is 1.